The molecule has 4 nitrogen and oxygen atoms in total. The second-order valence-electron chi connectivity index (χ2n) is 10.3. The Kier molecular flexibility index (Phi) is 9.89. The van der Waals surface area contributed by atoms with Gasteiger partial charge < -0.3 is 10.2 Å². The Morgan fingerprint density at radius 3 is 2.00 bits per heavy atom. The molecule has 3 rings (SSSR count). The number of carbonyl (C=O) groups is 2. The summed E-state index contributed by atoms with van der Waals surface area (Å²) in [6.45, 7) is 8.39. The van der Waals surface area contributed by atoms with E-state index in [1.54, 1.807) is 4.90 Å². The van der Waals surface area contributed by atoms with Crippen LogP contribution in [-0.2, 0) is 35.4 Å². The highest BCUT2D eigenvalue weighted by molar-refractivity contribution is 9.10. The van der Waals surface area contributed by atoms with E-state index in [-0.39, 0.29) is 11.8 Å². The van der Waals surface area contributed by atoms with Gasteiger partial charge >= 0.3 is 0 Å². The molecule has 0 aliphatic rings. The minimum atomic E-state index is -0.620. The Morgan fingerprint density at radius 2 is 1.42 bits per heavy atom. The van der Waals surface area contributed by atoms with Crippen LogP contribution in [0.5, 0.6) is 0 Å². The van der Waals surface area contributed by atoms with Crippen LogP contribution in [0.15, 0.2) is 83.3 Å². The SMILES string of the molecule is CCc1ccc(CCC(=O)N(Cc2ccc(Br)cc2)C(Cc2ccccc2)C(=O)NC(C)(C)C)cc1. The Morgan fingerprint density at radius 1 is 0.833 bits per heavy atom. The molecule has 1 unspecified atom stereocenters. The van der Waals surface area contributed by atoms with Gasteiger partial charge in [-0.05, 0) is 68.0 Å². The number of rotatable bonds is 10. The van der Waals surface area contributed by atoms with Crippen molar-refractivity contribution in [2.75, 3.05) is 0 Å². The molecule has 36 heavy (non-hydrogen) atoms. The highest BCUT2D eigenvalue weighted by Gasteiger charge is 2.32. The van der Waals surface area contributed by atoms with E-state index in [0.29, 0.717) is 25.8 Å². The van der Waals surface area contributed by atoms with Gasteiger partial charge in [-0.15, -0.1) is 0 Å². The average Bonchev–Trinajstić information content (AvgIpc) is 2.85. The van der Waals surface area contributed by atoms with Crippen molar-refractivity contribution in [1.29, 1.82) is 0 Å². The molecule has 0 aliphatic carbocycles. The molecule has 190 valence electrons. The monoisotopic (exact) mass is 548 g/mol. The first kappa shape index (κ1) is 27.7. The van der Waals surface area contributed by atoms with Crippen LogP contribution in [0, 0.1) is 0 Å². The van der Waals surface area contributed by atoms with Crippen molar-refractivity contribution < 1.29 is 9.59 Å². The van der Waals surface area contributed by atoms with E-state index < -0.39 is 11.6 Å². The molecule has 3 aromatic rings. The first-order chi connectivity index (χ1) is 17.1. The lowest BCUT2D eigenvalue weighted by atomic mass is 9.99. The predicted molar refractivity (Wildman–Crippen MR) is 151 cm³/mol. The van der Waals surface area contributed by atoms with Gasteiger partial charge in [0.05, 0.1) is 0 Å². The molecule has 0 spiro atoms. The lowest BCUT2D eigenvalue weighted by molar-refractivity contribution is -0.141. The zero-order valence-corrected chi connectivity index (χ0v) is 23.3. The van der Waals surface area contributed by atoms with E-state index >= 15 is 0 Å². The van der Waals surface area contributed by atoms with E-state index in [4.69, 9.17) is 0 Å². The standard InChI is InChI=1S/C31H37BrN2O2/c1-5-23-11-13-24(14-12-23)17-20-29(35)34(22-26-15-18-27(32)19-16-26)28(30(36)33-31(2,3)4)21-25-9-7-6-8-10-25/h6-16,18-19,28H,5,17,20-22H2,1-4H3,(H,33,36). The zero-order valence-electron chi connectivity index (χ0n) is 21.8. The Bertz CT molecular complexity index is 1120. The first-order valence-corrected chi connectivity index (χ1v) is 13.4. The van der Waals surface area contributed by atoms with Gasteiger partial charge in [-0.25, -0.2) is 0 Å². The fraction of sp³-hybridized carbons (Fsp3) is 0.355. The molecule has 0 aromatic heterocycles. The number of halogens is 1. The third kappa shape index (κ3) is 8.63. The van der Waals surface area contributed by atoms with Crippen LogP contribution in [0.3, 0.4) is 0 Å². The van der Waals surface area contributed by atoms with Crippen LogP contribution >= 0.6 is 15.9 Å². The number of hydrogen-bond donors (Lipinski definition) is 1. The summed E-state index contributed by atoms with van der Waals surface area (Å²) < 4.78 is 0.978. The number of benzene rings is 3. The average molecular weight is 550 g/mol. The Balaban J connectivity index is 1.90. The molecule has 0 radical (unpaired) electrons. The van der Waals surface area contributed by atoms with Gasteiger partial charge in [0.2, 0.25) is 11.8 Å². The van der Waals surface area contributed by atoms with Gasteiger partial charge in [0.25, 0.3) is 0 Å². The third-order valence-corrected chi connectivity index (χ3v) is 6.62. The van der Waals surface area contributed by atoms with Crippen LogP contribution in [-0.4, -0.2) is 28.3 Å². The van der Waals surface area contributed by atoms with Gasteiger partial charge in [-0.2, -0.15) is 0 Å². The minimum absolute atomic E-state index is 0.0255. The fourth-order valence-electron chi connectivity index (χ4n) is 4.13. The minimum Gasteiger partial charge on any atom is -0.350 e. The number of carbonyl (C=O) groups excluding carboxylic acids is 2. The number of aryl methyl sites for hydroxylation is 2. The molecule has 3 aromatic carbocycles. The molecular weight excluding hydrogens is 512 g/mol. The molecule has 1 atom stereocenters. The lowest BCUT2D eigenvalue weighted by Crippen LogP contribution is -2.54. The number of amides is 2. The van der Waals surface area contributed by atoms with Crippen molar-refractivity contribution in [3.05, 3.63) is 106 Å². The summed E-state index contributed by atoms with van der Waals surface area (Å²) in [5.74, 6) is -0.161. The number of hydrogen-bond acceptors (Lipinski definition) is 2. The Hall–Kier alpha value is -2.92. The highest BCUT2D eigenvalue weighted by Crippen LogP contribution is 2.19. The summed E-state index contributed by atoms with van der Waals surface area (Å²) in [6.07, 6.45) is 2.43. The van der Waals surface area contributed by atoms with Gasteiger partial charge in [0, 0.05) is 29.4 Å². The summed E-state index contributed by atoms with van der Waals surface area (Å²) >= 11 is 3.49. The second kappa shape index (κ2) is 12.9. The maximum atomic E-state index is 13.7. The van der Waals surface area contributed by atoms with Crippen molar-refractivity contribution in [3.8, 4) is 0 Å². The maximum absolute atomic E-state index is 13.7. The van der Waals surface area contributed by atoms with Gasteiger partial charge in [-0.1, -0.05) is 89.6 Å². The van der Waals surface area contributed by atoms with Crippen LogP contribution < -0.4 is 5.32 Å². The lowest BCUT2D eigenvalue weighted by Gasteiger charge is -2.34. The second-order valence-corrected chi connectivity index (χ2v) is 11.2. The predicted octanol–water partition coefficient (Wildman–Crippen LogP) is 6.50. The van der Waals surface area contributed by atoms with E-state index in [0.717, 1.165) is 27.6 Å². The summed E-state index contributed by atoms with van der Waals surface area (Å²) in [6, 6.07) is 25.6. The third-order valence-electron chi connectivity index (χ3n) is 6.09. The Labute approximate surface area is 224 Å². The largest absolute Gasteiger partial charge is 0.350 e. The topological polar surface area (TPSA) is 49.4 Å². The normalized spacial score (nSPS) is 12.1. The van der Waals surface area contributed by atoms with E-state index in [1.165, 1.54) is 5.56 Å². The van der Waals surface area contributed by atoms with Crippen molar-refractivity contribution >= 4 is 27.7 Å². The molecule has 2 amide bonds. The highest BCUT2D eigenvalue weighted by atomic mass is 79.9. The summed E-state index contributed by atoms with van der Waals surface area (Å²) in [5.41, 5.74) is 4.02. The van der Waals surface area contributed by atoms with Crippen molar-refractivity contribution in [3.63, 3.8) is 0 Å². The maximum Gasteiger partial charge on any atom is 0.243 e. The molecule has 0 saturated heterocycles. The molecule has 0 bridgehead atoms. The van der Waals surface area contributed by atoms with Crippen molar-refractivity contribution in [1.82, 2.24) is 10.2 Å². The van der Waals surface area contributed by atoms with Gasteiger partial charge in [0.1, 0.15) is 6.04 Å². The van der Waals surface area contributed by atoms with Gasteiger partial charge in [0.15, 0.2) is 0 Å². The number of nitrogens with zero attached hydrogens (tertiary/aromatic N) is 1. The molecule has 1 N–H and O–H groups in total. The van der Waals surface area contributed by atoms with E-state index in [2.05, 4.69) is 52.4 Å². The molecule has 0 saturated carbocycles. The summed E-state index contributed by atoms with van der Waals surface area (Å²) in [7, 11) is 0. The quantitative estimate of drug-likeness (QED) is 0.314. The fourth-order valence-corrected chi connectivity index (χ4v) is 4.39. The molecule has 0 heterocycles. The molecule has 5 heteroatoms. The number of nitrogens with one attached hydrogen (secondary N) is 1. The zero-order chi connectivity index (χ0) is 26.1. The van der Waals surface area contributed by atoms with Crippen molar-refractivity contribution in [2.45, 2.75) is 71.5 Å². The van der Waals surface area contributed by atoms with Crippen molar-refractivity contribution in [2.24, 2.45) is 0 Å². The van der Waals surface area contributed by atoms with Crippen LogP contribution in [0.1, 0.15) is 56.4 Å². The first-order valence-electron chi connectivity index (χ1n) is 12.6. The van der Waals surface area contributed by atoms with E-state index in [9.17, 15) is 9.59 Å². The van der Waals surface area contributed by atoms with Crippen LogP contribution in [0.2, 0.25) is 0 Å². The van der Waals surface area contributed by atoms with Crippen LogP contribution in [0.4, 0.5) is 0 Å². The summed E-state index contributed by atoms with van der Waals surface area (Å²) in [5, 5.41) is 3.12. The smallest absolute Gasteiger partial charge is 0.243 e. The molecule has 0 fully saturated rings. The molecule has 0 aliphatic heterocycles. The van der Waals surface area contributed by atoms with Gasteiger partial charge in [-0.3, -0.25) is 9.59 Å². The van der Waals surface area contributed by atoms with E-state index in [1.807, 2.05) is 75.4 Å². The summed E-state index contributed by atoms with van der Waals surface area (Å²) in [4.78, 5) is 29.1. The van der Waals surface area contributed by atoms with Crippen LogP contribution in [0.25, 0.3) is 0 Å². The molecular formula is C31H37BrN2O2.